The van der Waals surface area contributed by atoms with Gasteiger partial charge in [-0.3, -0.25) is 0 Å². The van der Waals surface area contributed by atoms with Gasteiger partial charge in [0, 0.05) is 12.1 Å². The lowest BCUT2D eigenvalue weighted by molar-refractivity contribution is 0.121. The van der Waals surface area contributed by atoms with E-state index in [1.165, 1.54) is 64.2 Å². The average Bonchev–Trinajstić information content (AvgIpc) is 2.64. The van der Waals surface area contributed by atoms with Gasteiger partial charge in [0.05, 0.1) is 12.4 Å². The smallest absolute Gasteiger partial charge is 0.150 e. The second kappa shape index (κ2) is 8.75. The minimum Gasteiger partial charge on any atom is -0.353 e. The van der Waals surface area contributed by atoms with Crippen LogP contribution in [0.5, 0.6) is 0 Å². The van der Waals surface area contributed by atoms with E-state index in [4.69, 9.17) is 0 Å². The fraction of sp³-hybridized carbons (Fsp3) is 0.684. The Morgan fingerprint density at radius 1 is 1.00 bits per heavy atom. The molecule has 0 aromatic carbocycles. The van der Waals surface area contributed by atoms with Crippen LogP contribution in [0.1, 0.15) is 64.2 Å². The highest BCUT2D eigenvalue weighted by Gasteiger charge is 2.29. The highest BCUT2D eigenvalue weighted by molar-refractivity contribution is 7.98. The molecule has 5 heteroatoms. The maximum absolute atomic E-state index is 4.48. The topological polar surface area (TPSA) is 41.1 Å². The molecule has 2 aliphatic carbocycles. The van der Waals surface area contributed by atoms with Crippen molar-refractivity contribution >= 4 is 17.6 Å². The number of nitrogens with zero attached hydrogens (tertiary/aromatic N) is 3. The largest absolute Gasteiger partial charge is 0.353 e. The van der Waals surface area contributed by atoms with E-state index >= 15 is 0 Å². The number of rotatable bonds is 6. The van der Waals surface area contributed by atoms with E-state index < -0.39 is 0 Å². The summed E-state index contributed by atoms with van der Waals surface area (Å²) in [7, 11) is 0. The summed E-state index contributed by atoms with van der Waals surface area (Å²) in [6.07, 6.45) is 19.0. The molecular formula is C19H30N4S. The minimum absolute atomic E-state index is 0.639. The molecule has 2 aliphatic rings. The van der Waals surface area contributed by atoms with Gasteiger partial charge in [-0.05, 0) is 31.9 Å². The third kappa shape index (κ3) is 4.44. The number of nitrogens with one attached hydrogen (secondary N) is 1. The van der Waals surface area contributed by atoms with Crippen LogP contribution in [-0.2, 0) is 0 Å². The van der Waals surface area contributed by atoms with Gasteiger partial charge in [-0.1, -0.05) is 45.1 Å². The molecule has 0 aliphatic heterocycles. The van der Waals surface area contributed by atoms with E-state index in [1.54, 1.807) is 11.8 Å². The lowest BCUT2D eigenvalue weighted by Crippen LogP contribution is -2.45. The van der Waals surface area contributed by atoms with Crippen molar-refractivity contribution in [3.8, 4) is 0 Å². The first-order valence-corrected chi connectivity index (χ1v) is 10.6. The van der Waals surface area contributed by atoms with Crippen molar-refractivity contribution in [3.63, 3.8) is 0 Å². The summed E-state index contributed by atoms with van der Waals surface area (Å²) >= 11 is 1.61. The van der Waals surface area contributed by atoms with Gasteiger partial charge in [-0.25, -0.2) is 9.97 Å². The molecule has 0 spiro atoms. The first-order valence-electron chi connectivity index (χ1n) is 9.38. The van der Waals surface area contributed by atoms with E-state index in [1.807, 2.05) is 18.6 Å². The van der Waals surface area contributed by atoms with Crippen LogP contribution in [0.2, 0.25) is 0 Å². The number of hydrogen-bond donors (Lipinski definition) is 1. The number of hydrogen-bond acceptors (Lipinski definition) is 5. The molecule has 1 N–H and O–H groups in total. The maximum atomic E-state index is 4.48. The summed E-state index contributed by atoms with van der Waals surface area (Å²) in [4.78, 5) is 11.5. The quantitative estimate of drug-likeness (QED) is 0.730. The van der Waals surface area contributed by atoms with Gasteiger partial charge in [0.2, 0.25) is 0 Å². The standard InChI is InChI=1S/C19H30N4S/c1-15(22-18-13-21-19(24-2)14-20-18)23(16-9-5-3-6-10-16)17-11-7-4-8-12-17/h13-14,16-17H,1,3-12H2,2H3,(H,20,22). The first-order chi connectivity index (χ1) is 11.8. The van der Waals surface area contributed by atoms with Crippen LogP contribution in [0, 0.1) is 0 Å². The van der Waals surface area contributed by atoms with Crippen molar-refractivity contribution in [1.82, 2.24) is 14.9 Å². The third-order valence-corrected chi connectivity index (χ3v) is 5.99. The molecule has 132 valence electrons. The van der Waals surface area contributed by atoms with E-state index in [9.17, 15) is 0 Å². The number of aromatic nitrogens is 2. The molecule has 3 rings (SSSR count). The van der Waals surface area contributed by atoms with Crippen LogP contribution in [0.25, 0.3) is 0 Å². The van der Waals surface area contributed by atoms with Crippen LogP contribution in [0.3, 0.4) is 0 Å². The minimum atomic E-state index is 0.639. The zero-order valence-electron chi connectivity index (χ0n) is 14.8. The molecular weight excluding hydrogens is 316 g/mol. The highest BCUT2D eigenvalue weighted by Crippen LogP contribution is 2.32. The Hall–Kier alpha value is -1.23. The van der Waals surface area contributed by atoms with Crippen molar-refractivity contribution in [2.45, 2.75) is 81.3 Å². The van der Waals surface area contributed by atoms with Gasteiger partial charge >= 0.3 is 0 Å². The second-order valence-electron chi connectivity index (χ2n) is 7.01. The van der Waals surface area contributed by atoms with Crippen molar-refractivity contribution in [2.24, 2.45) is 0 Å². The normalized spacial score (nSPS) is 19.9. The Bertz CT molecular complexity index is 501. The lowest BCUT2D eigenvalue weighted by Gasteiger charge is -2.44. The predicted molar refractivity (Wildman–Crippen MR) is 102 cm³/mol. The van der Waals surface area contributed by atoms with Gasteiger partial charge < -0.3 is 10.2 Å². The fourth-order valence-corrected chi connectivity index (χ4v) is 4.47. The van der Waals surface area contributed by atoms with Crippen molar-refractivity contribution < 1.29 is 0 Å². The van der Waals surface area contributed by atoms with E-state index in [0.717, 1.165) is 16.7 Å². The highest BCUT2D eigenvalue weighted by atomic mass is 32.2. The number of thioether (sulfide) groups is 1. The predicted octanol–water partition coefficient (Wildman–Crippen LogP) is 5.05. The zero-order chi connectivity index (χ0) is 16.8. The molecule has 1 aromatic heterocycles. The molecule has 2 saturated carbocycles. The van der Waals surface area contributed by atoms with Crippen LogP contribution in [0.4, 0.5) is 5.82 Å². The van der Waals surface area contributed by atoms with Gasteiger partial charge in [0.25, 0.3) is 0 Å². The van der Waals surface area contributed by atoms with Crippen molar-refractivity contribution in [1.29, 1.82) is 0 Å². The molecule has 0 unspecified atom stereocenters. The summed E-state index contributed by atoms with van der Waals surface area (Å²) in [6.45, 7) is 4.39. The Balaban J connectivity index is 1.71. The molecule has 24 heavy (non-hydrogen) atoms. The average molecular weight is 347 g/mol. The van der Waals surface area contributed by atoms with Crippen LogP contribution >= 0.6 is 11.8 Å². The Kier molecular flexibility index (Phi) is 6.41. The van der Waals surface area contributed by atoms with E-state index in [-0.39, 0.29) is 0 Å². The van der Waals surface area contributed by atoms with E-state index in [2.05, 4.69) is 26.8 Å². The van der Waals surface area contributed by atoms with Gasteiger partial charge in [0.15, 0.2) is 0 Å². The van der Waals surface area contributed by atoms with Gasteiger partial charge in [-0.2, -0.15) is 0 Å². The summed E-state index contributed by atoms with van der Waals surface area (Å²) in [5.41, 5.74) is 0. The molecule has 0 radical (unpaired) electrons. The summed E-state index contributed by atoms with van der Waals surface area (Å²) in [5, 5.41) is 4.38. The molecule has 0 amide bonds. The first kappa shape index (κ1) is 17.6. The summed E-state index contributed by atoms with van der Waals surface area (Å²) < 4.78 is 0. The SMILES string of the molecule is C=C(Nc1cnc(SC)cn1)N(C1CCCCC1)C1CCCCC1. The maximum Gasteiger partial charge on any atom is 0.150 e. The van der Waals surface area contributed by atoms with Crippen molar-refractivity contribution in [3.05, 3.63) is 24.8 Å². The summed E-state index contributed by atoms with van der Waals surface area (Å²) in [5.74, 6) is 1.81. The molecule has 2 fully saturated rings. The Labute approximate surface area is 150 Å². The molecule has 1 aromatic rings. The van der Waals surface area contributed by atoms with Gasteiger partial charge in [0.1, 0.15) is 16.7 Å². The molecule has 0 atom stereocenters. The molecule has 1 heterocycles. The Morgan fingerprint density at radius 3 is 2.04 bits per heavy atom. The van der Waals surface area contributed by atoms with Crippen LogP contribution in [0.15, 0.2) is 29.8 Å². The molecule has 0 saturated heterocycles. The van der Waals surface area contributed by atoms with Gasteiger partial charge in [-0.15, -0.1) is 11.8 Å². The van der Waals surface area contributed by atoms with Crippen LogP contribution in [-0.4, -0.2) is 33.2 Å². The van der Waals surface area contributed by atoms with Crippen molar-refractivity contribution in [2.75, 3.05) is 11.6 Å². The zero-order valence-corrected chi connectivity index (χ0v) is 15.7. The monoisotopic (exact) mass is 346 g/mol. The third-order valence-electron chi connectivity index (χ3n) is 5.36. The summed E-state index contributed by atoms with van der Waals surface area (Å²) in [6, 6.07) is 1.28. The molecule has 4 nitrogen and oxygen atoms in total. The second-order valence-corrected chi connectivity index (χ2v) is 7.83. The van der Waals surface area contributed by atoms with Crippen LogP contribution < -0.4 is 5.32 Å². The fourth-order valence-electron chi connectivity index (χ4n) is 4.16. The Morgan fingerprint density at radius 2 is 1.58 bits per heavy atom. The lowest BCUT2D eigenvalue weighted by atomic mass is 9.88. The molecule has 0 bridgehead atoms. The van der Waals surface area contributed by atoms with E-state index in [0.29, 0.717) is 12.1 Å². The number of anilines is 1.